The molecule has 0 aliphatic rings. The van der Waals surface area contributed by atoms with E-state index in [2.05, 4.69) is 58.6 Å². The third-order valence-corrected chi connectivity index (χ3v) is 3.93. The molecule has 1 atom stereocenters. The van der Waals surface area contributed by atoms with E-state index in [1.165, 1.54) is 32.1 Å². The van der Waals surface area contributed by atoms with Gasteiger partial charge < -0.3 is 0 Å². The van der Waals surface area contributed by atoms with Gasteiger partial charge in [-0.2, -0.15) is 0 Å². The van der Waals surface area contributed by atoms with Gasteiger partial charge >= 0.3 is 0 Å². The molecule has 2 nitrogen and oxygen atoms in total. The normalized spacial score (nSPS) is 14.6. The monoisotopic (exact) mass is 242 g/mol. The zero-order valence-corrected chi connectivity index (χ0v) is 13.2. The molecule has 0 aliphatic carbocycles. The predicted octanol–water partition coefficient (Wildman–Crippen LogP) is 4.31. The fourth-order valence-corrected chi connectivity index (χ4v) is 2.59. The van der Waals surface area contributed by atoms with E-state index in [0.717, 1.165) is 6.54 Å². The van der Waals surface area contributed by atoms with Crippen molar-refractivity contribution in [3.63, 3.8) is 0 Å². The summed E-state index contributed by atoms with van der Waals surface area (Å²) in [7, 11) is 2.25. The summed E-state index contributed by atoms with van der Waals surface area (Å²) in [6.45, 7) is 15.0. The molecule has 0 rings (SSSR count). The van der Waals surface area contributed by atoms with Crippen LogP contribution in [-0.2, 0) is 0 Å². The van der Waals surface area contributed by atoms with Gasteiger partial charge in [0.2, 0.25) is 0 Å². The van der Waals surface area contributed by atoms with Crippen molar-refractivity contribution >= 4 is 0 Å². The van der Waals surface area contributed by atoms with Crippen LogP contribution in [0.2, 0.25) is 0 Å². The van der Waals surface area contributed by atoms with Crippen molar-refractivity contribution < 1.29 is 0 Å². The third-order valence-electron chi connectivity index (χ3n) is 3.93. The van der Waals surface area contributed by atoms with Crippen molar-refractivity contribution in [1.29, 1.82) is 0 Å². The molecular weight excluding hydrogens is 208 g/mol. The number of hydrogen-bond acceptors (Lipinski definition) is 2. The second-order valence-electron chi connectivity index (χ2n) is 5.83. The lowest BCUT2D eigenvalue weighted by Crippen LogP contribution is -2.55. The van der Waals surface area contributed by atoms with Gasteiger partial charge in [0.25, 0.3) is 0 Å². The summed E-state index contributed by atoms with van der Waals surface area (Å²) >= 11 is 0. The highest BCUT2D eigenvalue weighted by Crippen LogP contribution is 2.23. The van der Waals surface area contributed by atoms with Crippen LogP contribution in [0, 0.1) is 0 Å². The molecule has 0 saturated carbocycles. The van der Waals surface area contributed by atoms with E-state index in [0.29, 0.717) is 6.04 Å². The van der Waals surface area contributed by atoms with Crippen molar-refractivity contribution in [3.8, 4) is 0 Å². The van der Waals surface area contributed by atoms with Gasteiger partial charge in [-0.1, -0.05) is 40.0 Å². The molecule has 0 spiro atoms. The van der Waals surface area contributed by atoms with Gasteiger partial charge in [0, 0.05) is 25.2 Å². The number of hydrazine groups is 1. The average molecular weight is 242 g/mol. The Hall–Kier alpha value is -0.0800. The summed E-state index contributed by atoms with van der Waals surface area (Å²) in [6, 6.07) is 0.654. The third kappa shape index (κ3) is 5.39. The molecule has 0 bridgehead atoms. The molecule has 0 fully saturated rings. The molecule has 0 saturated heterocycles. The summed E-state index contributed by atoms with van der Waals surface area (Å²) in [5, 5.41) is 5.00. The summed E-state index contributed by atoms with van der Waals surface area (Å²) in [5.41, 5.74) is 0.269. The quantitative estimate of drug-likeness (QED) is 0.556. The van der Waals surface area contributed by atoms with Crippen LogP contribution in [0.4, 0.5) is 0 Å². The standard InChI is InChI=1S/C15H34N2/c1-8-11-12-14(4)17(10-3)16(7)15(5,6)13-9-2/h14H,8-13H2,1-7H3. The van der Waals surface area contributed by atoms with E-state index in [1.807, 2.05) is 0 Å². The van der Waals surface area contributed by atoms with Crippen molar-refractivity contribution in [2.75, 3.05) is 13.6 Å². The van der Waals surface area contributed by atoms with Crippen molar-refractivity contribution in [2.24, 2.45) is 0 Å². The van der Waals surface area contributed by atoms with Crippen molar-refractivity contribution in [3.05, 3.63) is 0 Å². The van der Waals surface area contributed by atoms with Gasteiger partial charge in [0.05, 0.1) is 0 Å². The Bertz CT molecular complexity index is 189. The maximum absolute atomic E-state index is 2.53. The van der Waals surface area contributed by atoms with Crippen molar-refractivity contribution in [2.45, 2.75) is 85.2 Å². The van der Waals surface area contributed by atoms with E-state index in [-0.39, 0.29) is 5.54 Å². The van der Waals surface area contributed by atoms with E-state index in [9.17, 15) is 0 Å². The number of hydrogen-bond donors (Lipinski definition) is 0. The molecule has 0 aromatic carbocycles. The minimum atomic E-state index is 0.269. The van der Waals surface area contributed by atoms with E-state index in [1.54, 1.807) is 0 Å². The van der Waals surface area contributed by atoms with E-state index >= 15 is 0 Å². The SMILES string of the molecule is CCCCC(C)N(CC)N(C)C(C)(C)CCC. The number of rotatable bonds is 9. The van der Waals surface area contributed by atoms with E-state index < -0.39 is 0 Å². The lowest BCUT2D eigenvalue weighted by Gasteiger charge is -2.45. The largest absolute Gasteiger partial charge is 0.239 e. The summed E-state index contributed by atoms with van der Waals surface area (Å²) in [5.74, 6) is 0. The highest BCUT2D eigenvalue weighted by Gasteiger charge is 2.28. The Labute approximate surface area is 109 Å². The molecule has 104 valence electrons. The predicted molar refractivity (Wildman–Crippen MR) is 78.1 cm³/mol. The van der Waals surface area contributed by atoms with E-state index in [4.69, 9.17) is 0 Å². The highest BCUT2D eigenvalue weighted by molar-refractivity contribution is 4.79. The highest BCUT2D eigenvalue weighted by atomic mass is 15.6. The second-order valence-corrected chi connectivity index (χ2v) is 5.83. The molecule has 0 aliphatic heterocycles. The van der Waals surface area contributed by atoms with Crippen LogP contribution in [-0.4, -0.2) is 35.2 Å². The lowest BCUT2D eigenvalue weighted by atomic mass is 9.98. The maximum atomic E-state index is 2.53. The molecule has 17 heavy (non-hydrogen) atoms. The topological polar surface area (TPSA) is 6.48 Å². The first kappa shape index (κ1) is 16.9. The van der Waals surface area contributed by atoms with Crippen LogP contribution in [0.25, 0.3) is 0 Å². The fraction of sp³-hybridized carbons (Fsp3) is 1.00. The molecule has 0 radical (unpaired) electrons. The summed E-state index contributed by atoms with van der Waals surface area (Å²) < 4.78 is 0. The molecule has 0 N–H and O–H groups in total. The van der Waals surface area contributed by atoms with Crippen LogP contribution < -0.4 is 0 Å². The fourth-order valence-electron chi connectivity index (χ4n) is 2.59. The van der Waals surface area contributed by atoms with Gasteiger partial charge in [0.15, 0.2) is 0 Å². The van der Waals surface area contributed by atoms with Gasteiger partial charge in [0.1, 0.15) is 0 Å². The van der Waals surface area contributed by atoms with Crippen LogP contribution >= 0.6 is 0 Å². The first-order valence-corrected chi connectivity index (χ1v) is 7.41. The Balaban J connectivity index is 4.52. The first-order valence-electron chi connectivity index (χ1n) is 7.41. The zero-order chi connectivity index (χ0) is 13.5. The molecular formula is C15H34N2. The van der Waals surface area contributed by atoms with Gasteiger partial charge in [-0.25, -0.2) is 10.0 Å². The van der Waals surface area contributed by atoms with Crippen LogP contribution in [0.3, 0.4) is 0 Å². The van der Waals surface area contributed by atoms with Crippen LogP contribution in [0.5, 0.6) is 0 Å². The average Bonchev–Trinajstić information content (AvgIpc) is 2.27. The Morgan fingerprint density at radius 3 is 2.06 bits per heavy atom. The van der Waals surface area contributed by atoms with Crippen LogP contribution in [0.1, 0.15) is 73.6 Å². The molecule has 0 aromatic heterocycles. The molecule has 0 amide bonds. The Morgan fingerprint density at radius 2 is 1.65 bits per heavy atom. The number of nitrogens with zero attached hydrogens (tertiary/aromatic N) is 2. The smallest absolute Gasteiger partial charge is 0.0297 e. The van der Waals surface area contributed by atoms with Crippen molar-refractivity contribution in [1.82, 2.24) is 10.0 Å². The molecule has 0 heterocycles. The molecule has 0 aromatic rings. The van der Waals surface area contributed by atoms with Gasteiger partial charge in [-0.05, 0) is 33.6 Å². The molecule has 2 heteroatoms. The summed E-state index contributed by atoms with van der Waals surface area (Å²) in [6.07, 6.45) is 6.43. The minimum Gasteiger partial charge on any atom is -0.239 e. The lowest BCUT2D eigenvalue weighted by molar-refractivity contribution is -0.102. The first-order chi connectivity index (χ1) is 7.90. The molecule has 1 unspecified atom stereocenters. The number of unbranched alkanes of at least 4 members (excludes halogenated alkanes) is 1. The summed E-state index contributed by atoms with van der Waals surface area (Å²) in [4.78, 5) is 0. The van der Waals surface area contributed by atoms with Crippen LogP contribution in [0.15, 0.2) is 0 Å². The Morgan fingerprint density at radius 1 is 1.06 bits per heavy atom. The Kier molecular flexibility index (Phi) is 8.06. The maximum Gasteiger partial charge on any atom is 0.0297 e. The zero-order valence-electron chi connectivity index (χ0n) is 13.2. The second kappa shape index (κ2) is 8.10. The van der Waals surface area contributed by atoms with Gasteiger partial charge in [-0.3, -0.25) is 0 Å². The van der Waals surface area contributed by atoms with Gasteiger partial charge in [-0.15, -0.1) is 0 Å². The minimum absolute atomic E-state index is 0.269.